The predicted molar refractivity (Wildman–Crippen MR) is 76.7 cm³/mol. The van der Waals surface area contributed by atoms with Crippen molar-refractivity contribution < 1.29 is 14.0 Å². The number of nitrogens with two attached hydrogens (primary N) is 1. The average Bonchev–Trinajstić information content (AvgIpc) is 2.35. The molecule has 0 saturated carbocycles. The van der Waals surface area contributed by atoms with Crippen molar-refractivity contribution in [1.29, 1.82) is 0 Å². The summed E-state index contributed by atoms with van der Waals surface area (Å²) in [5.74, 6) is 0. The van der Waals surface area contributed by atoms with Gasteiger partial charge in [-0.25, -0.2) is 0 Å². The molecule has 0 aromatic heterocycles. The van der Waals surface area contributed by atoms with Crippen LogP contribution < -0.4 is 5.73 Å². The summed E-state index contributed by atoms with van der Waals surface area (Å²) in [5, 5.41) is 0. The third kappa shape index (κ3) is 3.43. The Hall–Kier alpha value is -0.190. The normalized spacial score (nSPS) is 18.1. The van der Waals surface area contributed by atoms with E-state index >= 15 is 0 Å². The average molecular weight is 336 g/mol. The predicted octanol–water partition coefficient (Wildman–Crippen LogP) is 3.19. The van der Waals surface area contributed by atoms with E-state index in [0.29, 0.717) is 12.8 Å². The van der Waals surface area contributed by atoms with Crippen molar-refractivity contribution in [2.45, 2.75) is 38.3 Å². The van der Waals surface area contributed by atoms with Crippen molar-refractivity contribution in [1.82, 2.24) is 0 Å². The van der Waals surface area contributed by atoms with E-state index in [1.807, 2.05) is 38.1 Å². The van der Waals surface area contributed by atoms with Gasteiger partial charge in [-0.3, -0.25) is 4.57 Å². The fraction of sp³-hybridized carbons (Fsp3) is 0.500. The second-order valence-corrected chi connectivity index (χ2v) is 5.78. The van der Waals surface area contributed by atoms with Gasteiger partial charge in [0.1, 0.15) is 0 Å². The lowest BCUT2D eigenvalue weighted by Crippen LogP contribution is -2.48. The summed E-state index contributed by atoms with van der Waals surface area (Å²) in [5.41, 5.74) is 6.55. The number of hydrogen-bond acceptors (Lipinski definition) is 3. The van der Waals surface area contributed by atoms with E-state index in [9.17, 15) is 4.57 Å². The molecule has 0 aliphatic heterocycles. The van der Waals surface area contributed by atoms with Crippen molar-refractivity contribution in [3.8, 4) is 0 Å². The van der Waals surface area contributed by atoms with Gasteiger partial charge in [0.25, 0.3) is 0 Å². The zero-order valence-corrected chi connectivity index (χ0v) is 13.1. The molecule has 3 unspecified atom stereocenters. The minimum absolute atomic E-state index is 0.488. The van der Waals surface area contributed by atoms with Crippen LogP contribution in [0.1, 0.15) is 32.3 Å². The molecule has 0 radical (unpaired) electrons. The Bertz CT molecular complexity index is 430. The topological polar surface area (TPSA) is 72.5 Å². The monoisotopic (exact) mass is 335 g/mol. The van der Waals surface area contributed by atoms with Crippen molar-refractivity contribution in [2.24, 2.45) is 5.73 Å². The number of benzene rings is 1. The molecule has 0 saturated heterocycles. The van der Waals surface area contributed by atoms with Gasteiger partial charge in [0.15, 0.2) is 0 Å². The van der Waals surface area contributed by atoms with E-state index in [4.69, 9.17) is 15.2 Å². The maximum Gasteiger partial charge on any atom is 0.316 e. The molecule has 1 aromatic rings. The molecule has 0 fully saturated rings. The SMILES string of the molecule is CCC(O[PH](=O)O)C(N)(CC)c1ccccc1Br. The molecule has 0 bridgehead atoms. The van der Waals surface area contributed by atoms with Gasteiger partial charge in [0.05, 0.1) is 11.6 Å². The molecule has 1 rings (SSSR count). The van der Waals surface area contributed by atoms with Gasteiger partial charge in [-0.1, -0.05) is 48.0 Å². The molecule has 6 heteroatoms. The summed E-state index contributed by atoms with van der Waals surface area (Å²) >= 11 is 3.47. The van der Waals surface area contributed by atoms with Crippen LogP contribution in [0.5, 0.6) is 0 Å². The third-order valence-corrected chi connectivity index (χ3v) is 4.33. The highest BCUT2D eigenvalue weighted by Gasteiger charge is 2.37. The number of halogens is 1. The van der Waals surface area contributed by atoms with Gasteiger partial charge in [0.2, 0.25) is 0 Å². The zero-order chi connectivity index (χ0) is 13.8. The van der Waals surface area contributed by atoms with Gasteiger partial charge >= 0.3 is 8.25 Å². The Labute approximate surface area is 117 Å². The van der Waals surface area contributed by atoms with Crippen molar-refractivity contribution in [3.05, 3.63) is 34.3 Å². The highest BCUT2D eigenvalue weighted by atomic mass is 79.9. The first-order valence-electron chi connectivity index (χ1n) is 5.89. The van der Waals surface area contributed by atoms with Crippen LogP contribution in [0.4, 0.5) is 0 Å². The maximum atomic E-state index is 10.9. The first kappa shape index (κ1) is 15.9. The molecule has 0 aliphatic rings. The number of rotatable bonds is 6. The first-order valence-corrected chi connectivity index (χ1v) is 7.94. The molecule has 0 amide bonds. The second kappa shape index (κ2) is 6.83. The second-order valence-electron chi connectivity index (χ2n) is 4.15. The van der Waals surface area contributed by atoms with E-state index in [1.54, 1.807) is 0 Å². The van der Waals surface area contributed by atoms with E-state index < -0.39 is 19.9 Å². The Kier molecular flexibility index (Phi) is 6.02. The van der Waals surface area contributed by atoms with Gasteiger partial charge in [-0.2, -0.15) is 0 Å². The van der Waals surface area contributed by atoms with Gasteiger partial charge in [0, 0.05) is 4.47 Å². The summed E-state index contributed by atoms with van der Waals surface area (Å²) in [6, 6.07) is 7.61. The maximum absolute atomic E-state index is 10.9. The van der Waals surface area contributed by atoms with Crippen molar-refractivity contribution >= 4 is 24.2 Å². The van der Waals surface area contributed by atoms with E-state index in [2.05, 4.69) is 15.9 Å². The Morgan fingerprint density at radius 2 is 2.11 bits per heavy atom. The van der Waals surface area contributed by atoms with Crippen LogP contribution in [0.2, 0.25) is 0 Å². The lowest BCUT2D eigenvalue weighted by Gasteiger charge is -2.36. The molecule has 102 valence electrons. The van der Waals surface area contributed by atoms with Crippen molar-refractivity contribution in [3.63, 3.8) is 0 Å². The largest absolute Gasteiger partial charge is 0.326 e. The van der Waals surface area contributed by atoms with Gasteiger partial charge in [-0.15, -0.1) is 0 Å². The van der Waals surface area contributed by atoms with Crippen LogP contribution in [-0.2, 0) is 14.6 Å². The van der Waals surface area contributed by atoms with Crippen LogP contribution >= 0.6 is 24.2 Å². The van der Waals surface area contributed by atoms with E-state index in [0.717, 1.165) is 10.0 Å². The molecule has 0 spiro atoms. The molecule has 4 nitrogen and oxygen atoms in total. The smallest absolute Gasteiger partial charge is 0.316 e. The van der Waals surface area contributed by atoms with Crippen LogP contribution in [0.15, 0.2) is 28.7 Å². The lowest BCUT2D eigenvalue weighted by molar-refractivity contribution is 0.0944. The van der Waals surface area contributed by atoms with E-state index in [-0.39, 0.29) is 0 Å². The van der Waals surface area contributed by atoms with Crippen LogP contribution in [0.3, 0.4) is 0 Å². The molecule has 1 aromatic carbocycles. The van der Waals surface area contributed by atoms with Crippen LogP contribution in [0.25, 0.3) is 0 Å². The Morgan fingerprint density at radius 1 is 1.50 bits per heavy atom. The molecule has 0 heterocycles. The summed E-state index contributed by atoms with van der Waals surface area (Å²) in [7, 11) is -3.00. The summed E-state index contributed by atoms with van der Waals surface area (Å²) in [6.07, 6.45) is 0.698. The number of hydrogen-bond donors (Lipinski definition) is 2. The third-order valence-electron chi connectivity index (χ3n) is 3.15. The fourth-order valence-electron chi connectivity index (χ4n) is 2.10. The first-order chi connectivity index (χ1) is 8.45. The lowest BCUT2D eigenvalue weighted by atomic mass is 9.82. The quantitative estimate of drug-likeness (QED) is 0.783. The standard InChI is InChI=1S/C12H19BrNO3P/c1-3-11(17-18(15)16)12(14,4-2)9-7-5-6-8-10(9)13/h5-8,11,18H,3-4,14H2,1-2H3,(H,15,16). The van der Waals surface area contributed by atoms with Crippen LogP contribution in [-0.4, -0.2) is 11.0 Å². The minimum atomic E-state index is -3.00. The summed E-state index contributed by atoms with van der Waals surface area (Å²) in [6.45, 7) is 3.84. The zero-order valence-electron chi connectivity index (χ0n) is 10.5. The molecule has 3 N–H and O–H groups in total. The van der Waals surface area contributed by atoms with Gasteiger partial charge in [-0.05, 0) is 24.5 Å². The Morgan fingerprint density at radius 3 is 2.56 bits per heavy atom. The highest BCUT2D eigenvalue weighted by Crippen LogP contribution is 2.37. The summed E-state index contributed by atoms with van der Waals surface area (Å²) < 4.78 is 16.9. The molecular weight excluding hydrogens is 317 g/mol. The van der Waals surface area contributed by atoms with Crippen LogP contribution in [0, 0.1) is 0 Å². The van der Waals surface area contributed by atoms with Gasteiger partial charge < -0.3 is 15.2 Å². The molecule has 0 aliphatic carbocycles. The van der Waals surface area contributed by atoms with Crippen molar-refractivity contribution in [2.75, 3.05) is 0 Å². The fourth-order valence-corrected chi connectivity index (χ4v) is 3.38. The Balaban J connectivity index is 3.18. The minimum Gasteiger partial charge on any atom is -0.326 e. The molecule has 3 atom stereocenters. The highest BCUT2D eigenvalue weighted by molar-refractivity contribution is 9.10. The summed E-state index contributed by atoms with van der Waals surface area (Å²) in [4.78, 5) is 8.99. The molecule has 18 heavy (non-hydrogen) atoms. The molecular formula is C12H19BrNO3P. The van der Waals surface area contributed by atoms with E-state index in [1.165, 1.54) is 0 Å².